The molecule has 0 saturated carbocycles. The van der Waals surface area contributed by atoms with Gasteiger partial charge in [0.15, 0.2) is 0 Å². The van der Waals surface area contributed by atoms with Crippen LogP contribution in [0.3, 0.4) is 0 Å². The lowest BCUT2D eigenvalue weighted by atomic mass is 10.1. The highest BCUT2D eigenvalue weighted by molar-refractivity contribution is 5.76. The van der Waals surface area contributed by atoms with Gasteiger partial charge < -0.3 is 15.4 Å². The molecule has 98 valence electrons. The molecule has 0 saturated heterocycles. The van der Waals surface area contributed by atoms with Gasteiger partial charge in [-0.1, -0.05) is 25.5 Å². The second-order valence-electron chi connectivity index (χ2n) is 4.58. The van der Waals surface area contributed by atoms with Crippen molar-refractivity contribution >= 4 is 11.0 Å². The van der Waals surface area contributed by atoms with Crippen molar-refractivity contribution in [2.24, 2.45) is 5.73 Å². The number of aromatic nitrogens is 2. The molecule has 0 aliphatic heterocycles. The van der Waals surface area contributed by atoms with Crippen LogP contribution in [0.15, 0.2) is 24.3 Å². The molecule has 0 amide bonds. The summed E-state index contributed by atoms with van der Waals surface area (Å²) in [5.41, 5.74) is 8.28. The first kappa shape index (κ1) is 13.1. The molecule has 2 rings (SSSR count). The number of rotatable bonds is 6. The van der Waals surface area contributed by atoms with Crippen LogP contribution >= 0.6 is 0 Å². The molecular formula is C14H21N3O. The van der Waals surface area contributed by atoms with Crippen LogP contribution in [0.5, 0.6) is 0 Å². The SMILES string of the molecule is CCCC(N)c1nc2ccccc2n1CCCO. The number of hydrogen-bond donors (Lipinski definition) is 2. The van der Waals surface area contributed by atoms with Gasteiger partial charge in [0.1, 0.15) is 5.82 Å². The lowest BCUT2D eigenvalue weighted by Gasteiger charge is -2.13. The maximum absolute atomic E-state index is 9.01. The zero-order chi connectivity index (χ0) is 13.0. The van der Waals surface area contributed by atoms with Crippen molar-refractivity contribution in [1.82, 2.24) is 9.55 Å². The van der Waals surface area contributed by atoms with E-state index < -0.39 is 0 Å². The number of aliphatic hydroxyl groups excluding tert-OH is 1. The fraction of sp³-hybridized carbons (Fsp3) is 0.500. The molecule has 0 radical (unpaired) electrons. The minimum atomic E-state index is -0.0268. The third-order valence-electron chi connectivity index (χ3n) is 3.16. The summed E-state index contributed by atoms with van der Waals surface area (Å²) >= 11 is 0. The summed E-state index contributed by atoms with van der Waals surface area (Å²) < 4.78 is 2.14. The number of nitrogens with two attached hydrogens (primary N) is 1. The number of aryl methyl sites for hydroxylation is 1. The fourth-order valence-electron chi connectivity index (χ4n) is 2.28. The van der Waals surface area contributed by atoms with Crippen molar-refractivity contribution in [3.05, 3.63) is 30.1 Å². The molecule has 1 heterocycles. The van der Waals surface area contributed by atoms with Gasteiger partial charge in [0.25, 0.3) is 0 Å². The monoisotopic (exact) mass is 247 g/mol. The first-order valence-corrected chi connectivity index (χ1v) is 6.59. The van der Waals surface area contributed by atoms with E-state index in [2.05, 4.69) is 22.5 Å². The number of para-hydroxylation sites is 2. The van der Waals surface area contributed by atoms with Gasteiger partial charge in [0, 0.05) is 13.2 Å². The summed E-state index contributed by atoms with van der Waals surface area (Å²) in [6.45, 7) is 3.08. The highest BCUT2D eigenvalue weighted by Crippen LogP contribution is 2.22. The predicted octanol–water partition coefficient (Wildman–Crippen LogP) is 2.22. The number of imidazole rings is 1. The maximum atomic E-state index is 9.01. The van der Waals surface area contributed by atoms with Gasteiger partial charge in [0.05, 0.1) is 17.1 Å². The summed E-state index contributed by atoms with van der Waals surface area (Å²) in [4.78, 5) is 4.64. The first-order chi connectivity index (χ1) is 8.77. The van der Waals surface area contributed by atoms with Crippen molar-refractivity contribution in [1.29, 1.82) is 0 Å². The van der Waals surface area contributed by atoms with E-state index in [1.807, 2.05) is 18.2 Å². The number of aliphatic hydroxyl groups is 1. The highest BCUT2D eigenvalue weighted by Gasteiger charge is 2.15. The van der Waals surface area contributed by atoms with Crippen LogP contribution in [-0.2, 0) is 6.54 Å². The largest absolute Gasteiger partial charge is 0.396 e. The molecule has 4 heteroatoms. The number of fused-ring (bicyclic) bond motifs is 1. The Morgan fingerprint density at radius 2 is 2.17 bits per heavy atom. The second-order valence-corrected chi connectivity index (χ2v) is 4.58. The van der Waals surface area contributed by atoms with Crippen LogP contribution in [0.4, 0.5) is 0 Å². The molecule has 1 atom stereocenters. The third kappa shape index (κ3) is 2.54. The molecule has 2 aromatic rings. The van der Waals surface area contributed by atoms with Gasteiger partial charge in [-0.2, -0.15) is 0 Å². The quantitative estimate of drug-likeness (QED) is 0.822. The summed E-state index contributed by atoms with van der Waals surface area (Å²) in [7, 11) is 0. The van der Waals surface area contributed by atoms with Crippen molar-refractivity contribution in [3.63, 3.8) is 0 Å². The van der Waals surface area contributed by atoms with Crippen LogP contribution in [0.1, 0.15) is 38.1 Å². The molecule has 18 heavy (non-hydrogen) atoms. The Kier molecular flexibility index (Phi) is 4.33. The van der Waals surface area contributed by atoms with Crippen molar-refractivity contribution < 1.29 is 5.11 Å². The van der Waals surface area contributed by atoms with Crippen molar-refractivity contribution in [2.75, 3.05) is 6.61 Å². The van der Waals surface area contributed by atoms with E-state index in [0.29, 0.717) is 0 Å². The first-order valence-electron chi connectivity index (χ1n) is 6.59. The maximum Gasteiger partial charge on any atom is 0.126 e. The Balaban J connectivity index is 2.42. The predicted molar refractivity (Wildman–Crippen MR) is 73.3 cm³/mol. The molecule has 0 spiro atoms. The van der Waals surface area contributed by atoms with Crippen LogP contribution in [0.2, 0.25) is 0 Å². The summed E-state index contributed by atoms with van der Waals surface area (Å²) in [5, 5.41) is 9.01. The lowest BCUT2D eigenvalue weighted by molar-refractivity contribution is 0.279. The number of hydrogen-bond acceptors (Lipinski definition) is 3. The topological polar surface area (TPSA) is 64.1 Å². The van der Waals surface area contributed by atoms with E-state index in [1.165, 1.54) is 0 Å². The molecule has 4 nitrogen and oxygen atoms in total. The van der Waals surface area contributed by atoms with Gasteiger partial charge in [-0.15, -0.1) is 0 Å². The summed E-state index contributed by atoms with van der Waals surface area (Å²) in [6, 6.07) is 8.03. The zero-order valence-corrected chi connectivity index (χ0v) is 10.8. The van der Waals surface area contributed by atoms with E-state index in [9.17, 15) is 0 Å². The van der Waals surface area contributed by atoms with Crippen LogP contribution < -0.4 is 5.73 Å². The van der Waals surface area contributed by atoms with Gasteiger partial charge in [0.2, 0.25) is 0 Å². The van der Waals surface area contributed by atoms with E-state index >= 15 is 0 Å². The van der Waals surface area contributed by atoms with Crippen LogP contribution in [-0.4, -0.2) is 21.3 Å². The molecule has 1 aromatic carbocycles. The Morgan fingerprint density at radius 3 is 2.89 bits per heavy atom. The van der Waals surface area contributed by atoms with Crippen molar-refractivity contribution in [3.8, 4) is 0 Å². The average Bonchev–Trinajstić information content (AvgIpc) is 2.75. The number of benzene rings is 1. The molecule has 0 aliphatic carbocycles. The van der Waals surface area contributed by atoms with E-state index in [-0.39, 0.29) is 12.6 Å². The smallest absolute Gasteiger partial charge is 0.126 e. The van der Waals surface area contributed by atoms with E-state index in [0.717, 1.165) is 42.7 Å². The molecule has 3 N–H and O–H groups in total. The molecule has 0 aliphatic rings. The normalized spacial score (nSPS) is 13.1. The Bertz CT molecular complexity index is 507. The zero-order valence-electron chi connectivity index (χ0n) is 10.8. The van der Waals surface area contributed by atoms with Gasteiger partial charge in [-0.3, -0.25) is 0 Å². The Labute approximate surface area is 107 Å². The fourth-order valence-corrected chi connectivity index (χ4v) is 2.28. The molecule has 0 fully saturated rings. The highest BCUT2D eigenvalue weighted by atomic mass is 16.3. The second kappa shape index (κ2) is 5.98. The van der Waals surface area contributed by atoms with Gasteiger partial charge in [-0.05, 0) is 25.0 Å². The molecule has 0 bridgehead atoms. The Hall–Kier alpha value is -1.39. The average molecular weight is 247 g/mol. The number of nitrogens with zero attached hydrogens (tertiary/aromatic N) is 2. The third-order valence-corrected chi connectivity index (χ3v) is 3.16. The summed E-state index contributed by atoms with van der Waals surface area (Å²) in [5.74, 6) is 0.937. The van der Waals surface area contributed by atoms with Crippen LogP contribution in [0, 0.1) is 0 Å². The van der Waals surface area contributed by atoms with E-state index in [1.54, 1.807) is 0 Å². The Morgan fingerprint density at radius 1 is 1.39 bits per heavy atom. The summed E-state index contributed by atoms with van der Waals surface area (Å²) in [6.07, 6.45) is 2.71. The molecule has 1 aromatic heterocycles. The minimum absolute atomic E-state index is 0.0268. The van der Waals surface area contributed by atoms with Crippen LogP contribution in [0.25, 0.3) is 11.0 Å². The van der Waals surface area contributed by atoms with E-state index in [4.69, 9.17) is 10.8 Å². The minimum Gasteiger partial charge on any atom is -0.396 e. The lowest BCUT2D eigenvalue weighted by Crippen LogP contribution is -2.17. The standard InChI is InChI=1S/C14H21N3O/c1-2-6-11(15)14-16-12-7-3-4-8-13(12)17(14)9-5-10-18/h3-4,7-8,11,18H,2,5-6,9-10,15H2,1H3. The van der Waals surface area contributed by atoms with Gasteiger partial charge >= 0.3 is 0 Å². The molecule has 1 unspecified atom stereocenters. The van der Waals surface area contributed by atoms with Crippen molar-refractivity contribution in [2.45, 2.75) is 38.8 Å². The van der Waals surface area contributed by atoms with Gasteiger partial charge in [-0.25, -0.2) is 4.98 Å². The molecular weight excluding hydrogens is 226 g/mol.